The Bertz CT molecular complexity index is 499. The van der Waals surface area contributed by atoms with Gasteiger partial charge in [0.2, 0.25) is 0 Å². The molecule has 0 N–H and O–H groups in total. The zero-order valence-corrected chi connectivity index (χ0v) is 11.7. The lowest BCUT2D eigenvalue weighted by molar-refractivity contribution is 1.22. The van der Waals surface area contributed by atoms with E-state index in [1.165, 1.54) is 11.1 Å². The fraction of sp³-hybridized carbons (Fsp3) is 0.222. The zero-order chi connectivity index (χ0) is 13.5. The highest BCUT2D eigenvalue weighted by atomic mass is 14.1. The number of rotatable bonds is 5. The van der Waals surface area contributed by atoms with Crippen LogP contribution >= 0.6 is 0 Å². The maximum atomic E-state index is 4.16. The van der Waals surface area contributed by atoms with Gasteiger partial charge in [-0.15, -0.1) is 0 Å². The third kappa shape index (κ3) is 3.89. The lowest BCUT2D eigenvalue weighted by atomic mass is 9.98. The van der Waals surface area contributed by atoms with Crippen molar-refractivity contribution in [3.63, 3.8) is 0 Å². The summed E-state index contributed by atoms with van der Waals surface area (Å²) in [6.45, 7) is 14.4. The van der Waals surface area contributed by atoms with E-state index >= 15 is 0 Å². The summed E-state index contributed by atoms with van der Waals surface area (Å²) in [6.07, 6.45) is 7.40. The van der Waals surface area contributed by atoms with Crippen molar-refractivity contribution < 1.29 is 0 Å². The molecule has 1 aromatic rings. The molecule has 1 rings (SSSR count). The third-order valence-corrected chi connectivity index (χ3v) is 2.85. The van der Waals surface area contributed by atoms with Crippen molar-refractivity contribution in [2.24, 2.45) is 0 Å². The van der Waals surface area contributed by atoms with Gasteiger partial charge >= 0.3 is 0 Å². The Labute approximate surface area is 111 Å². The Morgan fingerprint density at radius 1 is 1.22 bits per heavy atom. The molecule has 18 heavy (non-hydrogen) atoms. The molecule has 0 aliphatic carbocycles. The molecule has 94 valence electrons. The maximum Gasteiger partial charge on any atom is -0.0160 e. The number of hydrogen-bond acceptors (Lipinski definition) is 0. The van der Waals surface area contributed by atoms with Gasteiger partial charge in [-0.05, 0) is 48.6 Å². The van der Waals surface area contributed by atoms with Crippen molar-refractivity contribution in [2.75, 3.05) is 0 Å². The van der Waals surface area contributed by atoms with E-state index in [1.807, 2.05) is 19.1 Å². The van der Waals surface area contributed by atoms with E-state index in [4.69, 9.17) is 0 Å². The zero-order valence-electron chi connectivity index (χ0n) is 11.7. The van der Waals surface area contributed by atoms with Gasteiger partial charge in [0.05, 0.1) is 0 Å². The van der Waals surface area contributed by atoms with Crippen LogP contribution in [-0.4, -0.2) is 0 Å². The van der Waals surface area contributed by atoms with Gasteiger partial charge in [-0.2, -0.15) is 0 Å². The number of hydrogen-bond donors (Lipinski definition) is 0. The van der Waals surface area contributed by atoms with Gasteiger partial charge in [0.25, 0.3) is 0 Å². The minimum absolute atomic E-state index is 1.03. The fourth-order valence-corrected chi connectivity index (χ4v) is 1.76. The number of allylic oxidation sites excluding steroid dienone is 6. The average Bonchev–Trinajstić information content (AvgIpc) is 2.34. The van der Waals surface area contributed by atoms with E-state index in [9.17, 15) is 0 Å². The number of benzene rings is 1. The summed E-state index contributed by atoms with van der Waals surface area (Å²) in [6, 6.07) is 8.31. The van der Waals surface area contributed by atoms with Crippen LogP contribution < -0.4 is 0 Å². The predicted molar refractivity (Wildman–Crippen MR) is 82.5 cm³/mol. The smallest absolute Gasteiger partial charge is 0.0160 e. The van der Waals surface area contributed by atoms with Crippen LogP contribution in [0.4, 0.5) is 0 Å². The standard InChI is InChI=1S/C18H22/c1-6-7-11-17(14(2)3)13-16(5)18-12-9-8-10-15(18)4/h7-13H,2,5-6H2,1,3-4H3/b11-7-,17-13+. The van der Waals surface area contributed by atoms with Crippen LogP contribution in [0.25, 0.3) is 5.57 Å². The van der Waals surface area contributed by atoms with Crippen molar-refractivity contribution >= 4 is 5.57 Å². The van der Waals surface area contributed by atoms with E-state index in [-0.39, 0.29) is 0 Å². The first-order valence-corrected chi connectivity index (χ1v) is 6.35. The van der Waals surface area contributed by atoms with E-state index in [0.29, 0.717) is 0 Å². The molecule has 0 saturated heterocycles. The molecule has 0 atom stereocenters. The van der Waals surface area contributed by atoms with E-state index in [2.05, 4.69) is 57.4 Å². The molecule has 0 saturated carbocycles. The lowest BCUT2D eigenvalue weighted by Crippen LogP contribution is -1.87. The highest BCUT2D eigenvalue weighted by Gasteiger charge is 2.01. The fourth-order valence-electron chi connectivity index (χ4n) is 1.76. The van der Waals surface area contributed by atoms with Gasteiger partial charge in [-0.3, -0.25) is 0 Å². The molecule has 0 unspecified atom stereocenters. The molecule has 0 aliphatic heterocycles. The van der Waals surface area contributed by atoms with Gasteiger partial charge < -0.3 is 0 Å². The molecule has 0 radical (unpaired) electrons. The SMILES string of the molecule is C=C(C)C(/C=C\CC)=C/C(=C)c1ccccc1C. The molecule has 0 spiro atoms. The quantitative estimate of drug-likeness (QED) is 0.596. The van der Waals surface area contributed by atoms with E-state index in [0.717, 1.165) is 23.1 Å². The minimum Gasteiger partial charge on any atom is -0.0955 e. The van der Waals surface area contributed by atoms with Crippen LogP contribution in [0.2, 0.25) is 0 Å². The molecule has 0 heterocycles. The molecular formula is C18H22. The first-order chi connectivity index (χ1) is 8.56. The lowest BCUT2D eigenvalue weighted by Gasteiger charge is -2.07. The van der Waals surface area contributed by atoms with Crippen LogP contribution in [0.3, 0.4) is 0 Å². The second-order valence-corrected chi connectivity index (χ2v) is 4.53. The summed E-state index contributed by atoms with van der Waals surface area (Å²) < 4.78 is 0. The topological polar surface area (TPSA) is 0 Å². The van der Waals surface area contributed by atoms with Crippen molar-refractivity contribution in [3.8, 4) is 0 Å². The van der Waals surface area contributed by atoms with Gasteiger partial charge in [0, 0.05) is 0 Å². The summed E-state index contributed by atoms with van der Waals surface area (Å²) in [5.74, 6) is 0. The molecule has 0 heteroatoms. The normalized spacial score (nSPS) is 11.8. The Hall–Kier alpha value is -1.82. The van der Waals surface area contributed by atoms with Crippen LogP contribution in [0.15, 0.2) is 66.8 Å². The molecule has 0 aromatic heterocycles. The molecular weight excluding hydrogens is 216 g/mol. The van der Waals surface area contributed by atoms with Crippen molar-refractivity contribution in [1.29, 1.82) is 0 Å². The molecule has 1 aromatic carbocycles. The summed E-state index contributed by atoms with van der Waals surface area (Å²) in [5.41, 5.74) is 5.69. The summed E-state index contributed by atoms with van der Waals surface area (Å²) in [7, 11) is 0. The summed E-state index contributed by atoms with van der Waals surface area (Å²) in [4.78, 5) is 0. The van der Waals surface area contributed by atoms with Crippen molar-refractivity contribution in [2.45, 2.75) is 27.2 Å². The molecule has 0 aliphatic rings. The van der Waals surface area contributed by atoms with Gasteiger partial charge in [0.1, 0.15) is 0 Å². The molecule has 0 amide bonds. The summed E-state index contributed by atoms with van der Waals surface area (Å²) >= 11 is 0. The van der Waals surface area contributed by atoms with Gasteiger partial charge in [0.15, 0.2) is 0 Å². The Kier molecular flexibility index (Phi) is 5.38. The van der Waals surface area contributed by atoms with Crippen LogP contribution in [0, 0.1) is 6.92 Å². The minimum atomic E-state index is 1.03. The second-order valence-electron chi connectivity index (χ2n) is 4.53. The molecule has 0 nitrogen and oxygen atoms in total. The largest absolute Gasteiger partial charge is 0.0955 e. The molecule has 0 bridgehead atoms. The van der Waals surface area contributed by atoms with Crippen molar-refractivity contribution in [1.82, 2.24) is 0 Å². The van der Waals surface area contributed by atoms with Gasteiger partial charge in [-0.1, -0.05) is 62.1 Å². The third-order valence-electron chi connectivity index (χ3n) is 2.85. The first kappa shape index (κ1) is 14.2. The number of aryl methyl sites for hydroxylation is 1. The second kappa shape index (κ2) is 6.80. The monoisotopic (exact) mass is 238 g/mol. The average molecular weight is 238 g/mol. The van der Waals surface area contributed by atoms with E-state index in [1.54, 1.807) is 0 Å². The van der Waals surface area contributed by atoms with Crippen molar-refractivity contribution in [3.05, 3.63) is 77.9 Å². The highest BCUT2D eigenvalue weighted by Crippen LogP contribution is 2.22. The Morgan fingerprint density at radius 3 is 2.44 bits per heavy atom. The van der Waals surface area contributed by atoms with Crippen LogP contribution in [0.1, 0.15) is 31.4 Å². The Balaban J connectivity index is 3.06. The Morgan fingerprint density at radius 2 is 1.89 bits per heavy atom. The predicted octanol–water partition coefficient (Wildman–Crippen LogP) is 5.48. The highest BCUT2D eigenvalue weighted by molar-refractivity contribution is 5.76. The van der Waals surface area contributed by atoms with Crippen LogP contribution in [0.5, 0.6) is 0 Å². The summed E-state index contributed by atoms with van der Waals surface area (Å²) in [5, 5.41) is 0. The van der Waals surface area contributed by atoms with Gasteiger partial charge in [-0.25, -0.2) is 0 Å². The molecule has 0 fully saturated rings. The van der Waals surface area contributed by atoms with E-state index < -0.39 is 0 Å². The first-order valence-electron chi connectivity index (χ1n) is 6.35. The maximum absolute atomic E-state index is 4.16. The van der Waals surface area contributed by atoms with Crippen LogP contribution in [-0.2, 0) is 0 Å².